The Hall–Kier alpha value is -1.25. The molecule has 2 aromatic rings. The maximum atomic E-state index is 12.7. The lowest BCUT2D eigenvalue weighted by molar-refractivity contribution is 0.303. The molecule has 0 spiro atoms. The Balaban J connectivity index is 2.10. The molecule has 0 aliphatic carbocycles. The molecular weight excluding hydrogens is 274 g/mol. The molecule has 0 amide bonds. The minimum Gasteiger partial charge on any atom is -0.489 e. The predicted molar refractivity (Wildman–Crippen MR) is 71.7 cm³/mol. The number of ether oxygens (including phenoxy) is 1. The van der Waals surface area contributed by atoms with Crippen molar-refractivity contribution in [1.82, 2.24) is 0 Å². The van der Waals surface area contributed by atoms with E-state index in [0.29, 0.717) is 23.3 Å². The number of benzene rings is 2. The van der Waals surface area contributed by atoms with E-state index >= 15 is 0 Å². The van der Waals surface area contributed by atoms with Gasteiger partial charge in [0.2, 0.25) is 0 Å². The van der Waals surface area contributed by atoms with Crippen molar-refractivity contribution in [3.05, 3.63) is 64.4 Å². The topological polar surface area (TPSA) is 9.23 Å². The Morgan fingerprint density at radius 3 is 2.44 bits per heavy atom. The standard InChI is InChI=1S/C14H11Cl2FO/c15-8-12-13(16)2-1-3-14(12)18-9-10-4-6-11(17)7-5-10/h1-7H,8-9H2. The Kier molecular flexibility index (Phi) is 4.45. The zero-order valence-electron chi connectivity index (χ0n) is 9.50. The van der Waals surface area contributed by atoms with Gasteiger partial charge in [-0.25, -0.2) is 4.39 Å². The molecule has 18 heavy (non-hydrogen) atoms. The maximum absolute atomic E-state index is 12.7. The van der Waals surface area contributed by atoms with Gasteiger partial charge in [-0.2, -0.15) is 0 Å². The average Bonchev–Trinajstić information content (AvgIpc) is 2.38. The van der Waals surface area contributed by atoms with E-state index in [-0.39, 0.29) is 5.82 Å². The normalized spacial score (nSPS) is 10.4. The molecule has 0 saturated heterocycles. The van der Waals surface area contributed by atoms with E-state index in [4.69, 9.17) is 27.9 Å². The lowest BCUT2D eigenvalue weighted by Crippen LogP contribution is -1.98. The summed E-state index contributed by atoms with van der Waals surface area (Å²) >= 11 is 11.8. The zero-order valence-corrected chi connectivity index (χ0v) is 11.0. The van der Waals surface area contributed by atoms with E-state index in [1.54, 1.807) is 24.3 Å². The second-order valence-electron chi connectivity index (χ2n) is 3.77. The predicted octanol–water partition coefficient (Wildman–Crippen LogP) is 4.80. The maximum Gasteiger partial charge on any atom is 0.125 e. The molecule has 2 aromatic carbocycles. The van der Waals surface area contributed by atoms with Gasteiger partial charge in [0.25, 0.3) is 0 Å². The summed E-state index contributed by atoms with van der Waals surface area (Å²) in [5.74, 6) is 0.683. The summed E-state index contributed by atoms with van der Waals surface area (Å²) in [5.41, 5.74) is 1.65. The fourth-order valence-electron chi connectivity index (χ4n) is 1.55. The zero-order chi connectivity index (χ0) is 13.0. The minimum atomic E-state index is -0.261. The van der Waals surface area contributed by atoms with Gasteiger partial charge in [0, 0.05) is 10.6 Å². The first-order valence-electron chi connectivity index (χ1n) is 5.41. The molecule has 0 atom stereocenters. The van der Waals surface area contributed by atoms with Crippen LogP contribution in [-0.4, -0.2) is 0 Å². The van der Waals surface area contributed by atoms with Crippen LogP contribution < -0.4 is 4.74 Å². The third kappa shape index (κ3) is 3.15. The molecule has 2 rings (SSSR count). The van der Waals surface area contributed by atoms with Gasteiger partial charge in [0.05, 0.1) is 5.88 Å². The van der Waals surface area contributed by atoms with Crippen molar-refractivity contribution < 1.29 is 9.13 Å². The molecule has 0 aliphatic rings. The van der Waals surface area contributed by atoms with E-state index in [2.05, 4.69) is 0 Å². The third-order valence-corrected chi connectivity index (χ3v) is 3.14. The molecule has 0 aromatic heterocycles. The van der Waals surface area contributed by atoms with Gasteiger partial charge in [0.15, 0.2) is 0 Å². The van der Waals surface area contributed by atoms with Gasteiger partial charge in [-0.1, -0.05) is 29.8 Å². The summed E-state index contributed by atoms with van der Waals surface area (Å²) < 4.78 is 18.4. The number of halogens is 3. The fraction of sp³-hybridized carbons (Fsp3) is 0.143. The summed E-state index contributed by atoms with van der Waals surface area (Å²) in [6.07, 6.45) is 0. The van der Waals surface area contributed by atoms with E-state index < -0.39 is 0 Å². The molecule has 0 saturated carbocycles. The highest BCUT2D eigenvalue weighted by Crippen LogP contribution is 2.28. The highest BCUT2D eigenvalue weighted by atomic mass is 35.5. The first kappa shape index (κ1) is 13.2. The Morgan fingerprint density at radius 2 is 1.78 bits per heavy atom. The van der Waals surface area contributed by atoms with E-state index in [1.807, 2.05) is 6.07 Å². The molecular formula is C14H11Cl2FO. The molecule has 94 valence electrons. The monoisotopic (exact) mass is 284 g/mol. The van der Waals surface area contributed by atoms with Crippen LogP contribution in [0, 0.1) is 5.82 Å². The van der Waals surface area contributed by atoms with Crippen LogP contribution in [-0.2, 0) is 12.5 Å². The Labute approximate surface area is 115 Å². The summed E-state index contributed by atoms with van der Waals surface area (Å²) in [4.78, 5) is 0. The smallest absolute Gasteiger partial charge is 0.125 e. The van der Waals surface area contributed by atoms with Gasteiger partial charge in [-0.3, -0.25) is 0 Å². The minimum absolute atomic E-state index is 0.261. The molecule has 0 bridgehead atoms. The van der Waals surface area contributed by atoms with Crippen LogP contribution in [0.1, 0.15) is 11.1 Å². The van der Waals surface area contributed by atoms with Crippen LogP contribution in [0.3, 0.4) is 0 Å². The molecule has 0 radical (unpaired) electrons. The van der Waals surface area contributed by atoms with Crippen LogP contribution in [0.15, 0.2) is 42.5 Å². The lowest BCUT2D eigenvalue weighted by atomic mass is 10.2. The first-order chi connectivity index (χ1) is 8.70. The van der Waals surface area contributed by atoms with Gasteiger partial charge in [0.1, 0.15) is 18.2 Å². The van der Waals surface area contributed by atoms with Crippen molar-refractivity contribution in [3.63, 3.8) is 0 Å². The van der Waals surface area contributed by atoms with E-state index in [0.717, 1.165) is 11.1 Å². The van der Waals surface area contributed by atoms with E-state index in [9.17, 15) is 4.39 Å². The lowest BCUT2D eigenvalue weighted by Gasteiger charge is -2.11. The van der Waals surface area contributed by atoms with Crippen molar-refractivity contribution in [2.24, 2.45) is 0 Å². The number of hydrogen-bond acceptors (Lipinski definition) is 1. The highest BCUT2D eigenvalue weighted by Gasteiger charge is 2.07. The molecule has 0 N–H and O–H groups in total. The van der Waals surface area contributed by atoms with Crippen molar-refractivity contribution in [3.8, 4) is 5.75 Å². The van der Waals surface area contributed by atoms with Gasteiger partial charge in [-0.15, -0.1) is 11.6 Å². The average molecular weight is 285 g/mol. The van der Waals surface area contributed by atoms with Gasteiger partial charge < -0.3 is 4.74 Å². The largest absolute Gasteiger partial charge is 0.489 e. The summed E-state index contributed by atoms with van der Waals surface area (Å²) in [5, 5.41) is 0.585. The number of hydrogen-bond donors (Lipinski definition) is 0. The van der Waals surface area contributed by atoms with Crippen LogP contribution >= 0.6 is 23.2 Å². The first-order valence-corrected chi connectivity index (χ1v) is 6.32. The van der Waals surface area contributed by atoms with Crippen molar-refractivity contribution in [2.45, 2.75) is 12.5 Å². The number of alkyl halides is 1. The summed E-state index contributed by atoms with van der Waals surface area (Å²) in [6, 6.07) is 11.5. The molecule has 0 aliphatic heterocycles. The molecule has 0 unspecified atom stereocenters. The molecule has 0 fully saturated rings. The Bertz CT molecular complexity index is 526. The second kappa shape index (κ2) is 6.07. The highest BCUT2D eigenvalue weighted by molar-refractivity contribution is 6.32. The van der Waals surface area contributed by atoms with Crippen LogP contribution in [0.5, 0.6) is 5.75 Å². The quantitative estimate of drug-likeness (QED) is 0.733. The third-order valence-electron chi connectivity index (χ3n) is 2.52. The van der Waals surface area contributed by atoms with Gasteiger partial charge >= 0.3 is 0 Å². The second-order valence-corrected chi connectivity index (χ2v) is 4.44. The van der Waals surface area contributed by atoms with Crippen LogP contribution in [0.4, 0.5) is 4.39 Å². The van der Waals surface area contributed by atoms with Crippen LogP contribution in [0.25, 0.3) is 0 Å². The van der Waals surface area contributed by atoms with Crippen molar-refractivity contribution in [2.75, 3.05) is 0 Å². The van der Waals surface area contributed by atoms with Crippen LogP contribution in [0.2, 0.25) is 5.02 Å². The molecule has 1 nitrogen and oxygen atoms in total. The van der Waals surface area contributed by atoms with E-state index in [1.165, 1.54) is 12.1 Å². The van der Waals surface area contributed by atoms with Gasteiger partial charge in [-0.05, 0) is 29.8 Å². The molecule has 4 heteroatoms. The SMILES string of the molecule is Fc1ccc(COc2cccc(Cl)c2CCl)cc1. The summed E-state index contributed by atoms with van der Waals surface area (Å²) in [6.45, 7) is 0.352. The number of rotatable bonds is 4. The van der Waals surface area contributed by atoms with Crippen molar-refractivity contribution >= 4 is 23.2 Å². The Morgan fingerprint density at radius 1 is 1.06 bits per heavy atom. The van der Waals surface area contributed by atoms with Crippen molar-refractivity contribution in [1.29, 1.82) is 0 Å². The molecule has 0 heterocycles. The summed E-state index contributed by atoms with van der Waals surface area (Å²) in [7, 11) is 0. The fourth-order valence-corrected chi connectivity index (χ4v) is 2.12.